The lowest BCUT2D eigenvalue weighted by Crippen LogP contribution is -2.43. The van der Waals surface area contributed by atoms with Gasteiger partial charge in [0.2, 0.25) is 11.8 Å². The summed E-state index contributed by atoms with van der Waals surface area (Å²) in [5.41, 5.74) is 0.945. The number of carbonyl (C=O) groups is 2. The summed E-state index contributed by atoms with van der Waals surface area (Å²) in [6.07, 6.45) is 1.25. The summed E-state index contributed by atoms with van der Waals surface area (Å²) in [4.78, 5) is 23.3. The van der Waals surface area contributed by atoms with Crippen molar-refractivity contribution < 1.29 is 9.59 Å². The second-order valence-electron chi connectivity index (χ2n) is 4.70. The highest BCUT2D eigenvalue weighted by Crippen LogP contribution is 1.99. The summed E-state index contributed by atoms with van der Waals surface area (Å²) in [5, 5.41) is 8.69. The number of halogens is 1. The smallest absolute Gasteiger partial charge is 0.239 e. The summed E-state index contributed by atoms with van der Waals surface area (Å²) < 4.78 is 0. The van der Waals surface area contributed by atoms with Crippen LogP contribution in [0.25, 0.3) is 0 Å². The Balaban J connectivity index is 0.00000200. The van der Waals surface area contributed by atoms with Crippen LogP contribution in [-0.2, 0) is 16.0 Å². The first kappa shape index (κ1) is 16.5. The van der Waals surface area contributed by atoms with E-state index in [-0.39, 0.29) is 36.8 Å². The molecule has 20 heavy (non-hydrogen) atoms. The van der Waals surface area contributed by atoms with Crippen LogP contribution in [0.4, 0.5) is 0 Å². The van der Waals surface area contributed by atoms with Crippen molar-refractivity contribution in [2.24, 2.45) is 0 Å². The van der Waals surface area contributed by atoms with Crippen molar-refractivity contribution >= 4 is 24.2 Å². The first-order valence-electron chi connectivity index (χ1n) is 6.55. The van der Waals surface area contributed by atoms with Gasteiger partial charge in [-0.05, 0) is 18.5 Å². The van der Waals surface area contributed by atoms with E-state index in [2.05, 4.69) is 16.0 Å². The summed E-state index contributed by atoms with van der Waals surface area (Å²) in [5.74, 6) is -0.263. The molecular weight excluding hydrogens is 278 g/mol. The Morgan fingerprint density at radius 1 is 1.20 bits per heavy atom. The van der Waals surface area contributed by atoms with E-state index < -0.39 is 0 Å². The minimum Gasteiger partial charge on any atom is -0.351 e. The summed E-state index contributed by atoms with van der Waals surface area (Å²) in [6.45, 7) is 1.79. The van der Waals surface area contributed by atoms with Crippen LogP contribution in [0.2, 0.25) is 0 Å². The number of amides is 2. The number of nitrogens with one attached hydrogen (secondary N) is 3. The second-order valence-corrected chi connectivity index (χ2v) is 4.70. The molecule has 2 amide bonds. The molecule has 5 nitrogen and oxygen atoms in total. The Bertz CT molecular complexity index is 433. The molecule has 0 saturated carbocycles. The predicted molar refractivity (Wildman–Crippen MR) is 79.8 cm³/mol. The number of hydrogen-bond acceptors (Lipinski definition) is 3. The van der Waals surface area contributed by atoms with Gasteiger partial charge >= 0.3 is 0 Å². The van der Waals surface area contributed by atoms with E-state index in [9.17, 15) is 9.59 Å². The Labute approximate surface area is 124 Å². The van der Waals surface area contributed by atoms with E-state index in [0.29, 0.717) is 6.42 Å². The Hall–Kier alpha value is -1.59. The van der Waals surface area contributed by atoms with Crippen molar-refractivity contribution in [2.75, 3.05) is 19.6 Å². The molecule has 6 heteroatoms. The fraction of sp³-hybridized carbons (Fsp3) is 0.429. The molecule has 2 rings (SSSR count). The zero-order valence-corrected chi connectivity index (χ0v) is 12.0. The van der Waals surface area contributed by atoms with Gasteiger partial charge in [-0.2, -0.15) is 0 Å². The maximum absolute atomic E-state index is 11.7. The number of benzene rings is 1. The van der Waals surface area contributed by atoms with Crippen LogP contribution < -0.4 is 16.0 Å². The van der Waals surface area contributed by atoms with Crippen LogP contribution in [-0.4, -0.2) is 37.5 Å². The van der Waals surface area contributed by atoms with Gasteiger partial charge in [0.05, 0.1) is 13.0 Å². The largest absolute Gasteiger partial charge is 0.351 e. The molecule has 1 aromatic carbocycles. The van der Waals surface area contributed by atoms with Crippen molar-refractivity contribution in [3.8, 4) is 0 Å². The van der Waals surface area contributed by atoms with E-state index in [0.717, 1.165) is 25.1 Å². The van der Waals surface area contributed by atoms with Crippen molar-refractivity contribution in [1.82, 2.24) is 16.0 Å². The summed E-state index contributed by atoms with van der Waals surface area (Å²) >= 11 is 0. The zero-order valence-electron chi connectivity index (χ0n) is 11.2. The van der Waals surface area contributed by atoms with E-state index in [1.54, 1.807) is 0 Å². The Morgan fingerprint density at radius 3 is 2.60 bits per heavy atom. The lowest BCUT2D eigenvalue weighted by molar-refractivity contribution is -0.126. The standard InChI is InChI=1S/C14H19N3O2.ClH/c18-13(8-11-4-2-1-3-5-11)16-10-14(19)17-12-6-7-15-9-12;/h1-5,12,15H,6-10H2,(H,16,18)(H,17,19);1H. The van der Waals surface area contributed by atoms with Crippen LogP contribution in [0, 0.1) is 0 Å². The van der Waals surface area contributed by atoms with E-state index in [1.807, 2.05) is 30.3 Å². The fourth-order valence-corrected chi connectivity index (χ4v) is 2.08. The highest BCUT2D eigenvalue weighted by atomic mass is 35.5. The average molecular weight is 298 g/mol. The van der Waals surface area contributed by atoms with Crippen molar-refractivity contribution in [3.63, 3.8) is 0 Å². The van der Waals surface area contributed by atoms with E-state index >= 15 is 0 Å². The Morgan fingerprint density at radius 2 is 1.95 bits per heavy atom. The van der Waals surface area contributed by atoms with Crippen LogP contribution in [0.1, 0.15) is 12.0 Å². The quantitative estimate of drug-likeness (QED) is 0.729. The van der Waals surface area contributed by atoms with E-state index in [1.165, 1.54) is 0 Å². The first-order valence-corrected chi connectivity index (χ1v) is 6.55. The van der Waals surface area contributed by atoms with Gasteiger partial charge in [0.15, 0.2) is 0 Å². The molecule has 1 aromatic rings. The topological polar surface area (TPSA) is 70.2 Å². The van der Waals surface area contributed by atoms with Crippen molar-refractivity contribution in [1.29, 1.82) is 0 Å². The van der Waals surface area contributed by atoms with Gasteiger partial charge in [-0.15, -0.1) is 12.4 Å². The zero-order chi connectivity index (χ0) is 13.5. The van der Waals surface area contributed by atoms with Gasteiger partial charge < -0.3 is 16.0 Å². The van der Waals surface area contributed by atoms with Gasteiger partial charge in [-0.25, -0.2) is 0 Å². The molecule has 1 aliphatic rings. The molecule has 0 spiro atoms. The van der Waals surface area contributed by atoms with Crippen LogP contribution >= 0.6 is 12.4 Å². The molecular formula is C14H20ClN3O2. The molecule has 0 aliphatic carbocycles. The van der Waals surface area contributed by atoms with Gasteiger partial charge in [0.25, 0.3) is 0 Å². The third kappa shape index (κ3) is 5.59. The highest BCUT2D eigenvalue weighted by Gasteiger charge is 2.16. The minimum atomic E-state index is -0.133. The van der Waals surface area contributed by atoms with Gasteiger partial charge in [0.1, 0.15) is 0 Å². The van der Waals surface area contributed by atoms with Crippen LogP contribution in [0.5, 0.6) is 0 Å². The molecule has 110 valence electrons. The van der Waals surface area contributed by atoms with Crippen LogP contribution in [0.15, 0.2) is 30.3 Å². The van der Waals surface area contributed by atoms with Crippen molar-refractivity contribution in [3.05, 3.63) is 35.9 Å². The van der Waals surface area contributed by atoms with E-state index in [4.69, 9.17) is 0 Å². The number of hydrogen-bond donors (Lipinski definition) is 3. The van der Waals surface area contributed by atoms with Gasteiger partial charge in [0, 0.05) is 12.6 Å². The summed E-state index contributed by atoms with van der Waals surface area (Å²) in [6, 6.07) is 9.67. The Kier molecular flexibility index (Phi) is 7.04. The monoisotopic (exact) mass is 297 g/mol. The maximum Gasteiger partial charge on any atom is 0.239 e. The molecule has 1 saturated heterocycles. The third-order valence-electron chi connectivity index (χ3n) is 3.08. The lowest BCUT2D eigenvalue weighted by atomic mass is 10.1. The SMILES string of the molecule is Cl.O=C(Cc1ccccc1)NCC(=O)NC1CCNC1. The molecule has 1 fully saturated rings. The van der Waals surface area contributed by atoms with Gasteiger partial charge in [-0.3, -0.25) is 9.59 Å². The molecule has 1 aliphatic heterocycles. The number of carbonyl (C=O) groups excluding carboxylic acids is 2. The lowest BCUT2D eigenvalue weighted by Gasteiger charge is -2.11. The maximum atomic E-state index is 11.7. The number of rotatable bonds is 5. The van der Waals surface area contributed by atoms with Gasteiger partial charge in [-0.1, -0.05) is 30.3 Å². The highest BCUT2D eigenvalue weighted by molar-refractivity contribution is 5.86. The van der Waals surface area contributed by atoms with Crippen LogP contribution in [0.3, 0.4) is 0 Å². The minimum absolute atomic E-state index is 0. The molecule has 1 heterocycles. The molecule has 0 bridgehead atoms. The first-order chi connectivity index (χ1) is 9.24. The average Bonchev–Trinajstić information content (AvgIpc) is 2.90. The van der Waals surface area contributed by atoms with Crippen molar-refractivity contribution in [2.45, 2.75) is 18.9 Å². The molecule has 0 radical (unpaired) electrons. The molecule has 0 aromatic heterocycles. The summed E-state index contributed by atoms with van der Waals surface area (Å²) in [7, 11) is 0. The molecule has 1 unspecified atom stereocenters. The normalized spacial score (nSPS) is 17.1. The second kappa shape index (κ2) is 8.55. The predicted octanol–water partition coefficient (Wildman–Crippen LogP) is 0.245. The molecule has 1 atom stereocenters. The third-order valence-corrected chi connectivity index (χ3v) is 3.08. The molecule has 3 N–H and O–H groups in total. The fourth-order valence-electron chi connectivity index (χ4n) is 2.08.